The summed E-state index contributed by atoms with van der Waals surface area (Å²) in [6.07, 6.45) is -3.53. The van der Waals surface area contributed by atoms with Crippen molar-refractivity contribution in [3.8, 4) is 17.6 Å². The molecule has 3 aromatic carbocycles. The van der Waals surface area contributed by atoms with Gasteiger partial charge in [-0.15, -0.1) is 0 Å². The van der Waals surface area contributed by atoms with E-state index < -0.39 is 28.9 Å². The Hall–Kier alpha value is -4.03. The van der Waals surface area contributed by atoms with Crippen LogP contribution in [-0.4, -0.2) is 13.0 Å². The molecule has 3 rings (SSSR count). The topological polar surface area (TPSA) is 71.3 Å². The van der Waals surface area contributed by atoms with Crippen LogP contribution in [0.25, 0.3) is 6.08 Å². The molecule has 1 amide bonds. The lowest BCUT2D eigenvalue weighted by Gasteiger charge is -2.14. The molecule has 0 aliphatic carbocycles. The average Bonchev–Trinajstić information content (AvgIpc) is 2.82. The molecule has 0 saturated heterocycles. The molecule has 0 bridgehead atoms. The molecule has 0 unspecified atom stereocenters. The van der Waals surface area contributed by atoms with Gasteiger partial charge in [-0.3, -0.25) is 4.79 Å². The third-order valence-corrected chi connectivity index (χ3v) is 4.99. The molecule has 0 heterocycles. The minimum Gasteiger partial charge on any atom is -0.493 e. The summed E-state index contributed by atoms with van der Waals surface area (Å²) in [6, 6.07) is 14.6. The Balaban J connectivity index is 1.84. The second-order valence-electron chi connectivity index (χ2n) is 7.12. The highest BCUT2D eigenvalue weighted by atomic mass is 35.5. The fraction of sp³-hybridized carbons (Fsp3) is 0.120. The monoisotopic (exact) mass is 504 g/mol. The molecule has 0 saturated carbocycles. The molecule has 10 heteroatoms. The number of anilines is 1. The second-order valence-corrected chi connectivity index (χ2v) is 7.52. The van der Waals surface area contributed by atoms with Gasteiger partial charge in [0.1, 0.15) is 24.1 Å². The maximum absolute atomic E-state index is 13.2. The Morgan fingerprint density at radius 2 is 1.83 bits per heavy atom. The van der Waals surface area contributed by atoms with Crippen molar-refractivity contribution in [1.82, 2.24) is 0 Å². The maximum Gasteiger partial charge on any atom is 0.418 e. The van der Waals surface area contributed by atoms with Gasteiger partial charge >= 0.3 is 6.18 Å². The predicted molar refractivity (Wildman–Crippen MR) is 122 cm³/mol. The van der Waals surface area contributed by atoms with Gasteiger partial charge in [-0.2, -0.15) is 18.4 Å². The Kier molecular flexibility index (Phi) is 7.99. The first-order valence-corrected chi connectivity index (χ1v) is 10.3. The zero-order valence-corrected chi connectivity index (χ0v) is 18.9. The van der Waals surface area contributed by atoms with Crippen LogP contribution in [0.15, 0.2) is 66.2 Å². The fourth-order valence-corrected chi connectivity index (χ4v) is 3.32. The van der Waals surface area contributed by atoms with E-state index in [0.717, 1.165) is 18.2 Å². The zero-order valence-electron chi connectivity index (χ0n) is 18.1. The third kappa shape index (κ3) is 6.52. The van der Waals surface area contributed by atoms with Gasteiger partial charge in [0, 0.05) is 0 Å². The first-order chi connectivity index (χ1) is 16.6. The van der Waals surface area contributed by atoms with Gasteiger partial charge in [-0.05, 0) is 53.6 Å². The summed E-state index contributed by atoms with van der Waals surface area (Å²) in [7, 11) is 1.36. The van der Waals surface area contributed by atoms with Gasteiger partial charge < -0.3 is 14.8 Å². The number of benzene rings is 3. The van der Waals surface area contributed by atoms with E-state index in [1.807, 2.05) is 0 Å². The number of hydrogen-bond donors (Lipinski definition) is 1. The Bertz CT molecular complexity index is 1300. The number of nitrogens with zero attached hydrogens (tertiary/aromatic N) is 1. The van der Waals surface area contributed by atoms with Crippen LogP contribution >= 0.6 is 11.6 Å². The zero-order chi connectivity index (χ0) is 25.6. The van der Waals surface area contributed by atoms with Crippen molar-refractivity contribution in [3.63, 3.8) is 0 Å². The lowest BCUT2D eigenvalue weighted by molar-refractivity contribution is -0.137. The van der Waals surface area contributed by atoms with E-state index in [0.29, 0.717) is 5.56 Å². The van der Waals surface area contributed by atoms with Crippen molar-refractivity contribution in [2.24, 2.45) is 0 Å². The molecular formula is C25H17ClF4N2O3. The number of halogens is 5. The minimum absolute atomic E-state index is 0.0655. The Morgan fingerprint density at radius 1 is 1.14 bits per heavy atom. The van der Waals surface area contributed by atoms with Gasteiger partial charge in [-0.25, -0.2) is 4.39 Å². The van der Waals surface area contributed by atoms with Crippen molar-refractivity contribution in [3.05, 3.63) is 93.8 Å². The summed E-state index contributed by atoms with van der Waals surface area (Å²) < 4.78 is 63.6. The molecule has 5 nitrogen and oxygen atoms in total. The van der Waals surface area contributed by atoms with Crippen molar-refractivity contribution >= 4 is 29.3 Å². The first kappa shape index (κ1) is 25.6. The summed E-state index contributed by atoms with van der Waals surface area (Å²) in [6.45, 7) is 0.0655. The van der Waals surface area contributed by atoms with E-state index in [1.54, 1.807) is 18.2 Å². The second kappa shape index (κ2) is 10.9. The van der Waals surface area contributed by atoms with Gasteiger partial charge in [0.15, 0.2) is 11.5 Å². The number of methoxy groups -OCH3 is 1. The summed E-state index contributed by atoms with van der Waals surface area (Å²) in [5.41, 5.74) is -1.03. The van der Waals surface area contributed by atoms with Gasteiger partial charge in [0.05, 0.1) is 23.4 Å². The van der Waals surface area contributed by atoms with Crippen molar-refractivity contribution in [2.45, 2.75) is 12.8 Å². The molecular weight excluding hydrogens is 488 g/mol. The van der Waals surface area contributed by atoms with Crippen molar-refractivity contribution < 1.29 is 31.8 Å². The van der Waals surface area contributed by atoms with E-state index in [1.165, 1.54) is 43.5 Å². The third-order valence-electron chi connectivity index (χ3n) is 4.70. The smallest absolute Gasteiger partial charge is 0.418 e. The van der Waals surface area contributed by atoms with Crippen LogP contribution in [0.5, 0.6) is 11.5 Å². The normalized spacial score (nSPS) is 11.5. The molecule has 1 N–H and O–H groups in total. The number of ether oxygens (including phenoxy) is 2. The fourth-order valence-electron chi connectivity index (χ4n) is 3.04. The van der Waals surface area contributed by atoms with Crippen molar-refractivity contribution in [2.75, 3.05) is 12.4 Å². The van der Waals surface area contributed by atoms with Crippen LogP contribution in [0.2, 0.25) is 5.02 Å². The molecule has 0 radical (unpaired) electrons. The van der Waals surface area contributed by atoms with Crippen molar-refractivity contribution in [1.29, 1.82) is 5.26 Å². The molecule has 0 atom stereocenters. The standard InChI is InChI=1S/C25H17ClF4N2O3/c1-34-22-12-16(11-20(26)23(22)35-14-15-6-8-18(27)9-7-15)10-17(13-31)24(33)32-21-5-3-2-4-19(21)25(28,29)30/h2-12H,14H2,1H3,(H,32,33)/b17-10+. The largest absolute Gasteiger partial charge is 0.493 e. The number of para-hydroxylation sites is 1. The van der Waals surface area contributed by atoms with E-state index in [9.17, 15) is 27.6 Å². The molecule has 0 aliphatic rings. The van der Waals surface area contributed by atoms with Crippen LogP contribution in [-0.2, 0) is 17.6 Å². The molecule has 0 fully saturated rings. The number of carbonyl (C=O) groups is 1. The van der Waals surface area contributed by atoms with Crippen LogP contribution < -0.4 is 14.8 Å². The summed E-state index contributed by atoms with van der Waals surface area (Å²) in [5, 5.41) is 11.6. The summed E-state index contributed by atoms with van der Waals surface area (Å²) in [4.78, 5) is 12.5. The molecule has 0 aromatic heterocycles. The SMILES string of the molecule is COc1cc(/C=C(\C#N)C(=O)Nc2ccccc2C(F)(F)F)cc(Cl)c1OCc1ccc(F)cc1. The van der Waals surface area contributed by atoms with Crippen LogP contribution in [0, 0.1) is 17.1 Å². The molecule has 3 aromatic rings. The predicted octanol–water partition coefficient (Wildman–Crippen LogP) is 6.63. The molecule has 180 valence electrons. The first-order valence-electron chi connectivity index (χ1n) is 9.96. The quantitative estimate of drug-likeness (QED) is 0.223. The maximum atomic E-state index is 13.2. The van der Waals surface area contributed by atoms with Crippen LogP contribution in [0.1, 0.15) is 16.7 Å². The van der Waals surface area contributed by atoms with Gasteiger partial charge in [0.2, 0.25) is 0 Å². The number of hydrogen-bond acceptors (Lipinski definition) is 4. The lowest BCUT2D eigenvalue weighted by Crippen LogP contribution is -2.17. The highest BCUT2D eigenvalue weighted by Gasteiger charge is 2.33. The summed E-state index contributed by atoms with van der Waals surface area (Å²) in [5.74, 6) is -1.06. The van der Waals surface area contributed by atoms with E-state index in [2.05, 4.69) is 5.32 Å². The van der Waals surface area contributed by atoms with Gasteiger partial charge in [0.25, 0.3) is 5.91 Å². The number of amides is 1. The highest BCUT2D eigenvalue weighted by molar-refractivity contribution is 6.32. The minimum atomic E-state index is -4.69. The number of carbonyl (C=O) groups excluding carboxylic acids is 1. The van der Waals surface area contributed by atoms with E-state index in [-0.39, 0.29) is 34.5 Å². The molecule has 0 spiro atoms. The van der Waals surface area contributed by atoms with Gasteiger partial charge in [-0.1, -0.05) is 35.9 Å². The highest BCUT2D eigenvalue weighted by Crippen LogP contribution is 2.38. The summed E-state index contributed by atoms with van der Waals surface area (Å²) >= 11 is 6.31. The Morgan fingerprint density at radius 3 is 2.46 bits per heavy atom. The van der Waals surface area contributed by atoms with E-state index in [4.69, 9.17) is 21.1 Å². The van der Waals surface area contributed by atoms with E-state index >= 15 is 0 Å². The lowest BCUT2D eigenvalue weighted by atomic mass is 10.1. The number of alkyl halides is 3. The molecule has 35 heavy (non-hydrogen) atoms. The van der Waals surface area contributed by atoms with Crippen LogP contribution in [0.4, 0.5) is 23.2 Å². The average molecular weight is 505 g/mol. The molecule has 0 aliphatic heterocycles. The Labute approximate surface area is 203 Å². The number of nitrogens with one attached hydrogen (secondary N) is 1. The number of rotatable bonds is 7. The number of nitriles is 1. The van der Waals surface area contributed by atoms with Crippen LogP contribution in [0.3, 0.4) is 0 Å².